The quantitative estimate of drug-likeness (QED) is 0.599. The fourth-order valence-electron chi connectivity index (χ4n) is 3.15. The number of hydrogen-bond acceptors (Lipinski definition) is 4. The summed E-state index contributed by atoms with van der Waals surface area (Å²) in [5, 5.41) is 0. The lowest BCUT2D eigenvalue weighted by atomic mass is 10.1. The summed E-state index contributed by atoms with van der Waals surface area (Å²) in [6.07, 6.45) is 3.36. The van der Waals surface area contributed by atoms with E-state index in [1.165, 1.54) is 25.3 Å². The van der Waals surface area contributed by atoms with Crippen LogP contribution in [0.3, 0.4) is 0 Å². The van der Waals surface area contributed by atoms with E-state index in [0.29, 0.717) is 5.56 Å². The number of hydrogen-bond donors (Lipinski definition) is 0. The molecule has 0 unspecified atom stereocenters. The number of carbonyl (C=O) groups excluding carboxylic acids is 2. The summed E-state index contributed by atoms with van der Waals surface area (Å²) >= 11 is 0. The molecule has 0 N–H and O–H groups in total. The van der Waals surface area contributed by atoms with E-state index in [1.54, 1.807) is 11.0 Å². The SMILES string of the molecule is COc1ccc(/C=C/C(=O)OCC(=O)N2c3ccccc3C[C@@H]2C)cc1F. The largest absolute Gasteiger partial charge is 0.494 e. The topological polar surface area (TPSA) is 55.8 Å². The van der Waals surface area contributed by atoms with Crippen molar-refractivity contribution in [3.05, 3.63) is 65.5 Å². The van der Waals surface area contributed by atoms with Crippen LogP contribution in [0.4, 0.5) is 10.1 Å². The van der Waals surface area contributed by atoms with E-state index in [9.17, 15) is 14.0 Å². The molecule has 0 radical (unpaired) electrons. The molecule has 1 aliphatic rings. The van der Waals surface area contributed by atoms with Crippen LogP contribution < -0.4 is 9.64 Å². The van der Waals surface area contributed by atoms with Crippen LogP contribution in [0, 0.1) is 5.82 Å². The maximum Gasteiger partial charge on any atom is 0.331 e. The van der Waals surface area contributed by atoms with Crippen LogP contribution in [0.25, 0.3) is 6.08 Å². The monoisotopic (exact) mass is 369 g/mol. The third-order valence-electron chi connectivity index (χ3n) is 4.40. The number of esters is 1. The first-order valence-electron chi connectivity index (χ1n) is 8.58. The summed E-state index contributed by atoms with van der Waals surface area (Å²) < 4.78 is 23.5. The van der Waals surface area contributed by atoms with Crippen molar-refractivity contribution in [1.29, 1.82) is 0 Å². The molecule has 1 amide bonds. The van der Waals surface area contributed by atoms with E-state index in [0.717, 1.165) is 23.7 Å². The lowest BCUT2D eigenvalue weighted by Gasteiger charge is -2.22. The number of carbonyl (C=O) groups is 2. The van der Waals surface area contributed by atoms with Crippen molar-refractivity contribution in [1.82, 2.24) is 0 Å². The van der Waals surface area contributed by atoms with Gasteiger partial charge in [0, 0.05) is 17.8 Å². The van der Waals surface area contributed by atoms with Gasteiger partial charge in [0.25, 0.3) is 5.91 Å². The number of anilines is 1. The Labute approximate surface area is 157 Å². The molecule has 0 saturated heterocycles. The van der Waals surface area contributed by atoms with Crippen LogP contribution in [0.2, 0.25) is 0 Å². The highest BCUT2D eigenvalue weighted by atomic mass is 19.1. The number of amides is 1. The van der Waals surface area contributed by atoms with E-state index in [4.69, 9.17) is 9.47 Å². The highest BCUT2D eigenvalue weighted by Crippen LogP contribution is 2.31. The number of benzene rings is 2. The molecule has 2 aromatic rings. The van der Waals surface area contributed by atoms with Crippen LogP contribution in [-0.4, -0.2) is 31.6 Å². The number of fused-ring (bicyclic) bond motifs is 1. The standard InChI is InChI=1S/C21H20FNO4/c1-14-11-16-5-3-4-6-18(16)23(14)20(24)13-27-21(25)10-8-15-7-9-19(26-2)17(22)12-15/h3-10,12,14H,11,13H2,1-2H3/b10-8+/t14-/m0/s1. The molecule has 0 spiro atoms. The predicted molar refractivity (Wildman–Crippen MR) is 100 cm³/mol. The molecule has 0 fully saturated rings. The molecule has 2 aromatic carbocycles. The Balaban J connectivity index is 1.58. The average Bonchev–Trinajstić information content (AvgIpc) is 3.00. The number of para-hydroxylation sites is 1. The van der Waals surface area contributed by atoms with Crippen molar-refractivity contribution in [3.8, 4) is 5.75 Å². The van der Waals surface area contributed by atoms with Crippen LogP contribution in [0.15, 0.2) is 48.5 Å². The Morgan fingerprint density at radius 2 is 2.04 bits per heavy atom. The van der Waals surface area contributed by atoms with Gasteiger partial charge in [-0.25, -0.2) is 9.18 Å². The van der Waals surface area contributed by atoms with Gasteiger partial charge in [-0.1, -0.05) is 24.3 Å². The zero-order valence-corrected chi connectivity index (χ0v) is 15.1. The van der Waals surface area contributed by atoms with Gasteiger partial charge in [-0.15, -0.1) is 0 Å². The molecule has 0 bridgehead atoms. The second-order valence-corrected chi connectivity index (χ2v) is 6.28. The summed E-state index contributed by atoms with van der Waals surface area (Å²) in [5.74, 6) is -1.34. The lowest BCUT2D eigenvalue weighted by molar-refractivity contribution is -0.143. The van der Waals surface area contributed by atoms with Crippen molar-refractivity contribution in [2.24, 2.45) is 0 Å². The molecule has 1 atom stereocenters. The minimum Gasteiger partial charge on any atom is -0.494 e. The second-order valence-electron chi connectivity index (χ2n) is 6.28. The normalized spacial score (nSPS) is 15.7. The van der Waals surface area contributed by atoms with Gasteiger partial charge < -0.3 is 14.4 Å². The number of nitrogens with zero attached hydrogens (tertiary/aromatic N) is 1. The molecule has 27 heavy (non-hydrogen) atoms. The van der Waals surface area contributed by atoms with Gasteiger partial charge in [-0.2, -0.15) is 0 Å². The van der Waals surface area contributed by atoms with Crippen LogP contribution >= 0.6 is 0 Å². The van der Waals surface area contributed by atoms with Crippen molar-refractivity contribution in [2.75, 3.05) is 18.6 Å². The fourth-order valence-corrected chi connectivity index (χ4v) is 3.15. The van der Waals surface area contributed by atoms with Crippen molar-refractivity contribution < 1.29 is 23.5 Å². The van der Waals surface area contributed by atoms with Gasteiger partial charge in [0.2, 0.25) is 0 Å². The second kappa shape index (κ2) is 8.03. The minimum absolute atomic E-state index is 0.0198. The highest BCUT2D eigenvalue weighted by Gasteiger charge is 2.30. The number of halogens is 1. The van der Waals surface area contributed by atoms with E-state index in [2.05, 4.69) is 0 Å². The zero-order valence-electron chi connectivity index (χ0n) is 15.1. The Hall–Kier alpha value is -3.15. The molecular weight excluding hydrogens is 349 g/mol. The van der Waals surface area contributed by atoms with Gasteiger partial charge in [0.1, 0.15) is 0 Å². The summed E-state index contributed by atoms with van der Waals surface area (Å²) in [6, 6.07) is 12.0. The van der Waals surface area contributed by atoms with Crippen molar-refractivity contribution in [2.45, 2.75) is 19.4 Å². The summed E-state index contributed by atoms with van der Waals surface area (Å²) in [5.41, 5.74) is 2.44. The molecule has 0 aliphatic carbocycles. The van der Waals surface area contributed by atoms with E-state index in [1.807, 2.05) is 31.2 Å². The molecule has 1 aliphatic heterocycles. The summed E-state index contributed by atoms with van der Waals surface area (Å²) in [7, 11) is 1.38. The zero-order chi connectivity index (χ0) is 19.4. The van der Waals surface area contributed by atoms with Gasteiger partial charge in [0.05, 0.1) is 7.11 Å². The molecule has 6 heteroatoms. The lowest BCUT2D eigenvalue weighted by Crippen LogP contribution is -2.38. The maximum absolute atomic E-state index is 13.6. The van der Waals surface area contributed by atoms with E-state index >= 15 is 0 Å². The van der Waals surface area contributed by atoms with Gasteiger partial charge >= 0.3 is 5.97 Å². The number of rotatable bonds is 5. The van der Waals surface area contributed by atoms with Gasteiger partial charge in [0.15, 0.2) is 18.2 Å². The number of methoxy groups -OCH3 is 1. The Bertz CT molecular complexity index is 894. The van der Waals surface area contributed by atoms with E-state index in [-0.39, 0.29) is 24.3 Å². The van der Waals surface area contributed by atoms with Crippen LogP contribution in [-0.2, 0) is 20.7 Å². The molecule has 0 saturated carbocycles. The smallest absolute Gasteiger partial charge is 0.331 e. The Morgan fingerprint density at radius 1 is 1.26 bits per heavy atom. The molecule has 3 rings (SSSR count). The summed E-state index contributed by atoms with van der Waals surface area (Å²) in [6.45, 7) is 1.61. The van der Waals surface area contributed by atoms with Crippen molar-refractivity contribution >= 4 is 23.6 Å². The Kier molecular flexibility index (Phi) is 5.54. The Morgan fingerprint density at radius 3 is 2.78 bits per heavy atom. The highest BCUT2D eigenvalue weighted by molar-refractivity contribution is 5.98. The predicted octanol–water partition coefficient (Wildman–Crippen LogP) is 3.37. The van der Waals surface area contributed by atoms with Gasteiger partial charge in [-0.3, -0.25) is 4.79 Å². The molecule has 0 aromatic heterocycles. The van der Waals surface area contributed by atoms with Crippen LogP contribution in [0.5, 0.6) is 5.75 Å². The average molecular weight is 369 g/mol. The first-order valence-corrected chi connectivity index (χ1v) is 8.58. The third kappa shape index (κ3) is 4.16. The molecule has 5 nitrogen and oxygen atoms in total. The first kappa shape index (κ1) is 18.6. The molecule has 1 heterocycles. The molecular formula is C21H20FNO4. The fraction of sp³-hybridized carbons (Fsp3) is 0.238. The maximum atomic E-state index is 13.6. The number of ether oxygens (including phenoxy) is 2. The summed E-state index contributed by atoms with van der Waals surface area (Å²) in [4.78, 5) is 26.0. The van der Waals surface area contributed by atoms with Crippen molar-refractivity contribution in [3.63, 3.8) is 0 Å². The first-order chi connectivity index (χ1) is 13.0. The van der Waals surface area contributed by atoms with Gasteiger partial charge in [-0.05, 0) is 48.7 Å². The third-order valence-corrected chi connectivity index (χ3v) is 4.40. The van der Waals surface area contributed by atoms with Crippen LogP contribution in [0.1, 0.15) is 18.1 Å². The molecule has 140 valence electrons. The minimum atomic E-state index is -0.667. The van der Waals surface area contributed by atoms with E-state index < -0.39 is 11.8 Å².